The van der Waals surface area contributed by atoms with Gasteiger partial charge in [-0.2, -0.15) is 0 Å². The van der Waals surface area contributed by atoms with Gasteiger partial charge in [-0.05, 0) is 43.2 Å². The third kappa shape index (κ3) is 5.63. The van der Waals surface area contributed by atoms with Crippen LogP contribution in [0.1, 0.15) is 42.5 Å². The van der Waals surface area contributed by atoms with Crippen LogP contribution < -0.4 is 15.4 Å². The number of benzene rings is 2. The lowest BCUT2D eigenvalue weighted by atomic mass is 9.95. The van der Waals surface area contributed by atoms with Crippen LogP contribution in [0, 0.1) is 0 Å². The molecule has 3 rings (SSSR count). The first-order valence-corrected chi connectivity index (χ1v) is 10.1. The molecule has 0 bridgehead atoms. The molecule has 1 aliphatic carbocycles. The first kappa shape index (κ1) is 20.5. The fourth-order valence-electron chi connectivity index (χ4n) is 3.19. The quantitative estimate of drug-likeness (QED) is 0.684. The summed E-state index contributed by atoms with van der Waals surface area (Å²) in [6.45, 7) is -0.198. The maximum Gasteiger partial charge on any atom is 0.262 e. The van der Waals surface area contributed by atoms with Gasteiger partial charge in [0, 0.05) is 11.7 Å². The lowest BCUT2D eigenvalue weighted by Crippen LogP contribution is -2.36. The van der Waals surface area contributed by atoms with E-state index in [0.717, 1.165) is 25.7 Å². The zero-order valence-electron chi connectivity index (χ0n) is 15.3. The Bertz CT molecular complexity index is 851. The van der Waals surface area contributed by atoms with Gasteiger partial charge in [-0.1, -0.05) is 54.6 Å². The summed E-state index contributed by atoms with van der Waals surface area (Å²) in [6.07, 6.45) is 5.43. The second-order valence-electron chi connectivity index (χ2n) is 6.77. The first-order chi connectivity index (χ1) is 13.5. The predicted octanol–water partition coefficient (Wildman–Crippen LogP) is 5.07. The van der Waals surface area contributed by atoms with Crippen LogP contribution in [0.4, 0.5) is 5.69 Å². The number of halogens is 2. The van der Waals surface area contributed by atoms with Gasteiger partial charge in [0.2, 0.25) is 0 Å². The van der Waals surface area contributed by atoms with Crippen LogP contribution in [0.3, 0.4) is 0 Å². The lowest BCUT2D eigenvalue weighted by molar-refractivity contribution is -0.118. The van der Waals surface area contributed by atoms with Gasteiger partial charge >= 0.3 is 0 Å². The molecule has 148 valence electrons. The summed E-state index contributed by atoms with van der Waals surface area (Å²) in [5.74, 6) is -0.149. The van der Waals surface area contributed by atoms with Gasteiger partial charge in [-0.15, -0.1) is 0 Å². The molecule has 2 N–H and O–H groups in total. The standard InChI is InChI=1S/C21H22Cl2N2O3/c22-17-11-10-15(12-16(17)21(27)25-14-6-2-1-3-7-14)24-20(26)13-28-19-9-5-4-8-18(19)23/h4-5,8-12,14H,1-3,6-7,13H2,(H,24,26)(H,25,27). The Kier molecular flexibility index (Phi) is 7.18. The van der Waals surface area contributed by atoms with Crippen molar-refractivity contribution in [2.75, 3.05) is 11.9 Å². The van der Waals surface area contributed by atoms with Crippen molar-refractivity contribution in [3.8, 4) is 5.75 Å². The highest BCUT2D eigenvalue weighted by atomic mass is 35.5. The van der Waals surface area contributed by atoms with Gasteiger partial charge in [0.05, 0.1) is 15.6 Å². The molecule has 0 spiro atoms. The van der Waals surface area contributed by atoms with Crippen LogP contribution in [-0.4, -0.2) is 24.5 Å². The van der Waals surface area contributed by atoms with Crippen molar-refractivity contribution in [1.82, 2.24) is 5.32 Å². The minimum absolute atomic E-state index is 0.180. The molecule has 7 heteroatoms. The molecule has 0 unspecified atom stereocenters. The molecule has 0 saturated heterocycles. The molecule has 2 aromatic rings. The topological polar surface area (TPSA) is 67.4 Å². The van der Waals surface area contributed by atoms with Crippen molar-refractivity contribution in [2.45, 2.75) is 38.1 Å². The summed E-state index contributed by atoms with van der Waals surface area (Å²) in [5.41, 5.74) is 0.822. The van der Waals surface area contributed by atoms with Crippen molar-refractivity contribution in [1.29, 1.82) is 0 Å². The molecule has 2 amide bonds. The number of hydrogen-bond donors (Lipinski definition) is 2. The normalized spacial score (nSPS) is 14.4. The second kappa shape index (κ2) is 9.80. The number of para-hydroxylation sites is 1. The summed E-state index contributed by atoms with van der Waals surface area (Å²) in [5, 5.41) is 6.53. The van der Waals surface area contributed by atoms with E-state index in [0.29, 0.717) is 27.0 Å². The summed E-state index contributed by atoms with van der Waals surface area (Å²) < 4.78 is 5.42. The molecule has 0 radical (unpaired) electrons. The van der Waals surface area contributed by atoms with Crippen LogP contribution in [0.15, 0.2) is 42.5 Å². The van der Waals surface area contributed by atoms with Crippen LogP contribution in [-0.2, 0) is 4.79 Å². The number of nitrogens with one attached hydrogen (secondary N) is 2. The molecule has 28 heavy (non-hydrogen) atoms. The number of rotatable bonds is 6. The number of amides is 2. The fraction of sp³-hybridized carbons (Fsp3) is 0.333. The minimum Gasteiger partial charge on any atom is -0.482 e. The molecule has 1 fully saturated rings. The van der Waals surface area contributed by atoms with Gasteiger partial charge in [-0.3, -0.25) is 9.59 Å². The largest absolute Gasteiger partial charge is 0.482 e. The van der Waals surface area contributed by atoms with Gasteiger partial charge in [-0.25, -0.2) is 0 Å². The predicted molar refractivity (Wildman–Crippen MR) is 111 cm³/mol. The van der Waals surface area contributed by atoms with E-state index < -0.39 is 0 Å². The zero-order valence-corrected chi connectivity index (χ0v) is 16.9. The molecule has 2 aromatic carbocycles. The van der Waals surface area contributed by atoms with Crippen molar-refractivity contribution >= 4 is 40.7 Å². The van der Waals surface area contributed by atoms with E-state index in [1.165, 1.54) is 6.42 Å². The average molecular weight is 421 g/mol. The molecule has 0 heterocycles. The number of carbonyl (C=O) groups is 2. The fourth-order valence-corrected chi connectivity index (χ4v) is 3.58. The number of hydrogen-bond acceptors (Lipinski definition) is 3. The molecule has 0 aliphatic heterocycles. The molecule has 1 aliphatic rings. The Morgan fingerprint density at radius 3 is 2.50 bits per heavy atom. The third-order valence-corrected chi connectivity index (χ3v) is 5.27. The van der Waals surface area contributed by atoms with Crippen molar-refractivity contribution in [3.05, 3.63) is 58.1 Å². The number of anilines is 1. The van der Waals surface area contributed by atoms with Gasteiger partial charge in [0.1, 0.15) is 5.75 Å². The molecular weight excluding hydrogens is 399 g/mol. The van der Waals surface area contributed by atoms with E-state index >= 15 is 0 Å². The van der Waals surface area contributed by atoms with Gasteiger partial charge in [0.25, 0.3) is 11.8 Å². The van der Waals surface area contributed by atoms with E-state index in [4.69, 9.17) is 27.9 Å². The van der Waals surface area contributed by atoms with Crippen LogP contribution in [0.2, 0.25) is 10.0 Å². The van der Waals surface area contributed by atoms with Crippen LogP contribution in [0.5, 0.6) is 5.75 Å². The second-order valence-corrected chi connectivity index (χ2v) is 7.58. The molecule has 0 aromatic heterocycles. The Balaban J connectivity index is 1.59. The number of ether oxygens (including phenoxy) is 1. The third-order valence-electron chi connectivity index (χ3n) is 4.63. The Morgan fingerprint density at radius 2 is 1.75 bits per heavy atom. The van der Waals surface area contributed by atoms with Gasteiger partial charge in [0.15, 0.2) is 6.61 Å². The van der Waals surface area contributed by atoms with Crippen molar-refractivity contribution < 1.29 is 14.3 Å². The average Bonchev–Trinajstić information content (AvgIpc) is 2.69. The van der Waals surface area contributed by atoms with Gasteiger partial charge < -0.3 is 15.4 Å². The Hall–Kier alpha value is -2.24. The molecule has 5 nitrogen and oxygen atoms in total. The highest BCUT2D eigenvalue weighted by Crippen LogP contribution is 2.24. The highest BCUT2D eigenvalue weighted by Gasteiger charge is 2.19. The Labute approximate surface area is 174 Å². The zero-order chi connectivity index (χ0) is 19.9. The molecular formula is C21H22Cl2N2O3. The van der Waals surface area contributed by atoms with Crippen molar-refractivity contribution in [3.63, 3.8) is 0 Å². The summed E-state index contributed by atoms with van der Waals surface area (Å²) in [4.78, 5) is 24.7. The molecule has 0 atom stereocenters. The minimum atomic E-state index is -0.360. The highest BCUT2D eigenvalue weighted by molar-refractivity contribution is 6.34. The van der Waals surface area contributed by atoms with E-state index in [1.54, 1.807) is 42.5 Å². The number of carbonyl (C=O) groups excluding carboxylic acids is 2. The summed E-state index contributed by atoms with van der Waals surface area (Å²) in [6, 6.07) is 11.9. The smallest absolute Gasteiger partial charge is 0.262 e. The maximum atomic E-state index is 12.6. The van der Waals surface area contributed by atoms with Crippen LogP contribution >= 0.6 is 23.2 Å². The van der Waals surface area contributed by atoms with E-state index in [1.807, 2.05) is 0 Å². The Morgan fingerprint density at radius 1 is 1.00 bits per heavy atom. The van der Waals surface area contributed by atoms with E-state index in [9.17, 15) is 9.59 Å². The summed E-state index contributed by atoms with van der Waals surface area (Å²) in [7, 11) is 0. The van der Waals surface area contributed by atoms with Crippen molar-refractivity contribution in [2.24, 2.45) is 0 Å². The SMILES string of the molecule is O=C(COc1ccccc1Cl)Nc1ccc(Cl)c(C(=O)NC2CCCCC2)c1. The van der Waals surface area contributed by atoms with Crippen LogP contribution in [0.25, 0.3) is 0 Å². The maximum absolute atomic E-state index is 12.6. The van der Waals surface area contributed by atoms with E-state index in [-0.39, 0.29) is 24.5 Å². The lowest BCUT2D eigenvalue weighted by Gasteiger charge is -2.23. The monoisotopic (exact) mass is 420 g/mol. The molecule has 1 saturated carbocycles. The van der Waals surface area contributed by atoms with E-state index in [2.05, 4.69) is 10.6 Å². The summed E-state index contributed by atoms with van der Waals surface area (Å²) >= 11 is 12.2. The first-order valence-electron chi connectivity index (χ1n) is 9.30.